The minimum absolute atomic E-state index is 0.380. The lowest BCUT2D eigenvalue weighted by atomic mass is 10.0. The van der Waals surface area contributed by atoms with Crippen LogP contribution in [0.3, 0.4) is 0 Å². The molecular formula is C26H22F4O4. The van der Waals surface area contributed by atoms with Crippen LogP contribution < -0.4 is 18.9 Å². The van der Waals surface area contributed by atoms with Crippen LogP contribution in [0, 0.1) is 23.3 Å². The Morgan fingerprint density at radius 1 is 0.500 bits per heavy atom. The predicted octanol–water partition coefficient (Wildman–Crippen LogP) is 6.62. The van der Waals surface area contributed by atoms with Crippen molar-refractivity contribution in [2.45, 2.75) is 0 Å². The van der Waals surface area contributed by atoms with Crippen LogP contribution in [-0.4, -0.2) is 28.4 Å². The van der Waals surface area contributed by atoms with Gasteiger partial charge in [-0.15, -0.1) is 0 Å². The number of halogens is 4. The molecule has 0 radical (unpaired) electrons. The molecule has 4 nitrogen and oxygen atoms in total. The van der Waals surface area contributed by atoms with E-state index in [0.29, 0.717) is 34.1 Å². The first-order valence-corrected chi connectivity index (χ1v) is 10.0. The summed E-state index contributed by atoms with van der Waals surface area (Å²) in [5.41, 5.74) is -0.932. The quantitative estimate of drug-likeness (QED) is 0.209. The molecule has 0 atom stereocenters. The topological polar surface area (TPSA) is 36.9 Å². The molecular weight excluding hydrogens is 452 g/mol. The fourth-order valence-electron chi connectivity index (χ4n) is 3.24. The molecule has 178 valence electrons. The lowest BCUT2D eigenvalue weighted by Crippen LogP contribution is -2.03. The Bertz CT molecular complexity index is 1130. The van der Waals surface area contributed by atoms with Crippen LogP contribution in [0.4, 0.5) is 17.6 Å². The average Bonchev–Trinajstić information content (AvgIpc) is 2.87. The van der Waals surface area contributed by atoms with E-state index in [0.717, 1.165) is 12.2 Å². The number of ether oxygens (including phenoxy) is 4. The Morgan fingerprint density at radius 3 is 1.15 bits per heavy atom. The summed E-state index contributed by atoms with van der Waals surface area (Å²) in [6, 6.07) is 9.55. The third kappa shape index (κ3) is 5.01. The molecule has 3 aromatic rings. The van der Waals surface area contributed by atoms with E-state index in [2.05, 4.69) is 0 Å². The molecule has 0 aliphatic heterocycles. The number of hydrogen-bond donors (Lipinski definition) is 0. The van der Waals surface area contributed by atoms with Crippen molar-refractivity contribution in [3.8, 4) is 23.0 Å². The van der Waals surface area contributed by atoms with Gasteiger partial charge in [-0.25, -0.2) is 17.6 Å². The largest absolute Gasteiger partial charge is 0.497 e. The molecule has 0 saturated heterocycles. The van der Waals surface area contributed by atoms with Crippen LogP contribution in [-0.2, 0) is 0 Å². The Labute approximate surface area is 194 Å². The van der Waals surface area contributed by atoms with E-state index in [4.69, 9.17) is 18.9 Å². The summed E-state index contributed by atoms with van der Waals surface area (Å²) in [6.45, 7) is 0. The standard InChI is InChI=1S/C26H22F4O4/c1-31-17-7-11-21(33-3)15(13-17)5-9-19-23(27)25(29)20(26(30)24(19)28)10-6-16-14-18(32-2)8-12-22(16)34-4/h5-14H,1-4H3/b9-5+,10-6+. The minimum atomic E-state index is -1.53. The summed E-state index contributed by atoms with van der Waals surface area (Å²) >= 11 is 0. The van der Waals surface area contributed by atoms with E-state index in [-0.39, 0.29) is 0 Å². The second kappa shape index (κ2) is 10.8. The Kier molecular flexibility index (Phi) is 7.83. The summed E-state index contributed by atoms with van der Waals surface area (Å²) in [5, 5.41) is 0. The molecule has 0 bridgehead atoms. The van der Waals surface area contributed by atoms with Gasteiger partial charge in [-0.1, -0.05) is 12.2 Å². The SMILES string of the molecule is COc1ccc(OC)c(/C=C/c2c(F)c(F)c(/C=C/c3cc(OC)ccc3OC)c(F)c2F)c1. The molecule has 0 unspecified atom stereocenters. The Balaban J connectivity index is 2.03. The molecule has 0 amide bonds. The van der Waals surface area contributed by atoms with E-state index in [1.165, 1.54) is 40.6 Å². The molecule has 0 N–H and O–H groups in total. The second-order valence-corrected chi connectivity index (χ2v) is 6.97. The highest BCUT2D eigenvalue weighted by molar-refractivity contribution is 5.77. The molecule has 8 heteroatoms. The van der Waals surface area contributed by atoms with Gasteiger partial charge in [0, 0.05) is 11.1 Å². The Hall–Kier alpha value is -3.94. The lowest BCUT2D eigenvalue weighted by Gasteiger charge is -2.10. The van der Waals surface area contributed by atoms with Crippen molar-refractivity contribution >= 4 is 24.3 Å². The van der Waals surface area contributed by atoms with Gasteiger partial charge in [0.25, 0.3) is 0 Å². The molecule has 0 fully saturated rings. The highest BCUT2D eigenvalue weighted by Crippen LogP contribution is 2.31. The first-order valence-electron chi connectivity index (χ1n) is 10.0. The van der Waals surface area contributed by atoms with E-state index < -0.39 is 34.4 Å². The maximum atomic E-state index is 14.8. The highest BCUT2D eigenvalue weighted by atomic mass is 19.2. The van der Waals surface area contributed by atoms with Crippen LogP contribution in [0.2, 0.25) is 0 Å². The first kappa shape index (κ1) is 24.7. The number of rotatable bonds is 8. The van der Waals surface area contributed by atoms with Crippen molar-refractivity contribution in [1.82, 2.24) is 0 Å². The molecule has 0 saturated carbocycles. The van der Waals surface area contributed by atoms with Gasteiger partial charge in [0.2, 0.25) is 0 Å². The van der Waals surface area contributed by atoms with Gasteiger partial charge in [-0.2, -0.15) is 0 Å². The number of benzene rings is 3. The van der Waals surface area contributed by atoms with Crippen LogP contribution in [0.25, 0.3) is 24.3 Å². The molecule has 3 aromatic carbocycles. The fraction of sp³-hybridized carbons (Fsp3) is 0.154. The van der Waals surface area contributed by atoms with E-state index in [9.17, 15) is 17.6 Å². The van der Waals surface area contributed by atoms with Gasteiger partial charge in [-0.3, -0.25) is 0 Å². The molecule has 0 spiro atoms. The summed E-state index contributed by atoms with van der Waals surface area (Å²) in [6.07, 6.45) is 4.43. The summed E-state index contributed by atoms with van der Waals surface area (Å²) in [4.78, 5) is 0. The van der Waals surface area contributed by atoms with Crippen LogP contribution in [0.5, 0.6) is 23.0 Å². The van der Waals surface area contributed by atoms with Crippen molar-refractivity contribution in [2.75, 3.05) is 28.4 Å². The summed E-state index contributed by atoms with van der Waals surface area (Å²) in [7, 11) is 5.73. The lowest BCUT2D eigenvalue weighted by molar-refractivity contribution is 0.402. The molecule has 0 heterocycles. The predicted molar refractivity (Wildman–Crippen MR) is 123 cm³/mol. The van der Waals surface area contributed by atoms with Crippen molar-refractivity contribution < 1.29 is 36.5 Å². The van der Waals surface area contributed by atoms with Crippen molar-refractivity contribution in [3.63, 3.8) is 0 Å². The van der Waals surface area contributed by atoms with Gasteiger partial charge >= 0.3 is 0 Å². The van der Waals surface area contributed by atoms with Gasteiger partial charge in [0.1, 0.15) is 23.0 Å². The highest BCUT2D eigenvalue weighted by Gasteiger charge is 2.23. The average molecular weight is 474 g/mol. The van der Waals surface area contributed by atoms with E-state index in [1.807, 2.05) is 0 Å². The smallest absolute Gasteiger partial charge is 0.169 e. The monoisotopic (exact) mass is 474 g/mol. The second-order valence-electron chi connectivity index (χ2n) is 6.97. The third-order valence-corrected chi connectivity index (χ3v) is 5.06. The van der Waals surface area contributed by atoms with Crippen LogP contribution in [0.1, 0.15) is 22.3 Å². The third-order valence-electron chi connectivity index (χ3n) is 5.06. The fourth-order valence-corrected chi connectivity index (χ4v) is 3.24. The number of hydrogen-bond acceptors (Lipinski definition) is 4. The zero-order valence-electron chi connectivity index (χ0n) is 18.9. The molecule has 34 heavy (non-hydrogen) atoms. The normalized spacial score (nSPS) is 11.3. The summed E-state index contributed by atoms with van der Waals surface area (Å²) < 4.78 is 79.7. The van der Waals surface area contributed by atoms with Crippen LogP contribution in [0.15, 0.2) is 36.4 Å². The molecule has 0 aliphatic carbocycles. The van der Waals surface area contributed by atoms with Gasteiger partial charge in [0.15, 0.2) is 23.3 Å². The van der Waals surface area contributed by atoms with Crippen molar-refractivity contribution in [3.05, 3.63) is 81.9 Å². The maximum absolute atomic E-state index is 14.8. The van der Waals surface area contributed by atoms with E-state index in [1.54, 1.807) is 36.4 Å². The van der Waals surface area contributed by atoms with Crippen molar-refractivity contribution in [1.29, 1.82) is 0 Å². The van der Waals surface area contributed by atoms with Gasteiger partial charge in [-0.05, 0) is 48.6 Å². The van der Waals surface area contributed by atoms with Gasteiger partial charge in [0.05, 0.1) is 39.6 Å². The maximum Gasteiger partial charge on any atom is 0.169 e. The first-order chi connectivity index (χ1) is 16.3. The number of methoxy groups -OCH3 is 4. The summed E-state index contributed by atoms with van der Waals surface area (Å²) in [5.74, 6) is -4.44. The zero-order chi connectivity index (χ0) is 24.8. The Morgan fingerprint density at radius 2 is 0.853 bits per heavy atom. The van der Waals surface area contributed by atoms with Crippen LogP contribution >= 0.6 is 0 Å². The van der Waals surface area contributed by atoms with Gasteiger partial charge < -0.3 is 18.9 Å². The zero-order valence-corrected chi connectivity index (χ0v) is 18.9. The minimum Gasteiger partial charge on any atom is -0.497 e. The van der Waals surface area contributed by atoms with Crippen molar-refractivity contribution in [2.24, 2.45) is 0 Å². The molecule has 0 aliphatic rings. The van der Waals surface area contributed by atoms with E-state index >= 15 is 0 Å². The molecule has 0 aromatic heterocycles. The molecule has 3 rings (SSSR count).